The number of aromatic nitrogens is 2. The van der Waals surface area contributed by atoms with E-state index in [9.17, 15) is 23.1 Å². The van der Waals surface area contributed by atoms with Crippen LogP contribution in [0, 0.1) is 23.4 Å². The molecule has 1 aliphatic rings. The molecule has 0 aliphatic heterocycles. The van der Waals surface area contributed by atoms with E-state index in [1.807, 2.05) is 0 Å². The molecule has 0 saturated heterocycles. The predicted molar refractivity (Wildman–Crippen MR) is 78.4 cm³/mol. The molecule has 0 bridgehead atoms. The van der Waals surface area contributed by atoms with E-state index in [1.165, 1.54) is 0 Å². The maximum absolute atomic E-state index is 13.3. The topological polar surface area (TPSA) is 78.0 Å². The van der Waals surface area contributed by atoms with E-state index in [0.717, 1.165) is 23.4 Å². The maximum Gasteiger partial charge on any atom is 0.224 e. The zero-order valence-electron chi connectivity index (χ0n) is 12.7. The van der Waals surface area contributed by atoms with Gasteiger partial charge in [-0.3, -0.25) is 9.89 Å². The number of aromatic amines is 1. The van der Waals surface area contributed by atoms with Gasteiger partial charge in [0.05, 0.1) is 18.8 Å². The van der Waals surface area contributed by atoms with Gasteiger partial charge >= 0.3 is 0 Å². The van der Waals surface area contributed by atoms with Crippen molar-refractivity contribution in [3.8, 4) is 0 Å². The number of carbonyl (C=O) groups is 1. The molecule has 24 heavy (non-hydrogen) atoms. The van der Waals surface area contributed by atoms with Gasteiger partial charge in [-0.05, 0) is 36.1 Å². The van der Waals surface area contributed by atoms with E-state index < -0.39 is 30.1 Å². The molecule has 0 saturated carbocycles. The number of aryl methyl sites for hydroxylation is 1. The number of nitrogens with one attached hydrogen (secondary N) is 2. The fraction of sp³-hybridized carbons (Fsp3) is 0.375. The van der Waals surface area contributed by atoms with Crippen LogP contribution in [0.2, 0.25) is 0 Å². The van der Waals surface area contributed by atoms with Crippen molar-refractivity contribution < 1.29 is 23.1 Å². The van der Waals surface area contributed by atoms with Crippen molar-refractivity contribution in [3.05, 3.63) is 52.6 Å². The number of nitrogens with zero attached hydrogens (tertiary/aromatic N) is 1. The molecule has 3 rings (SSSR count). The first-order chi connectivity index (χ1) is 11.5. The van der Waals surface area contributed by atoms with Crippen LogP contribution in [0.3, 0.4) is 0 Å². The van der Waals surface area contributed by atoms with E-state index in [1.54, 1.807) is 6.20 Å². The second-order valence-electron chi connectivity index (χ2n) is 5.86. The summed E-state index contributed by atoms with van der Waals surface area (Å²) < 4.78 is 39.7. The first-order valence-electron chi connectivity index (χ1n) is 7.56. The van der Waals surface area contributed by atoms with Crippen molar-refractivity contribution >= 4 is 5.91 Å². The largest absolute Gasteiger partial charge is 0.394 e. The average molecular weight is 339 g/mol. The molecule has 2 aromatic rings. The Morgan fingerprint density at radius 3 is 2.75 bits per heavy atom. The van der Waals surface area contributed by atoms with Crippen LogP contribution >= 0.6 is 0 Å². The number of rotatable bonds is 4. The summed E-state index contributed by atoms with van der Waals surface area (Å²) in [5.74, 6) is -4.97. The van der Waals surface area contributed by atoms with Gasteiger partial charge in [0.25, 0.3) is 0 Å². The molecule has 128 valence electrons. The Morgan fingerprint density at radius 2 is 2.08 bits per heavy atom. The van der Waals surface area contributed by atoms with Crippen LogP contribution in [-0.4, -0.2) is 27.8 Å². The first-order valence-corrected chi connectivity index (χ1v) is 7.56. The molecule has 1 aliphatic carbocycles. The van der Waals surface area contributed by atoms with Crippen LogP contribution in [0.25, 0.3) is 0 Å². The lowest BCUT2D eigenvalue weighted by Gasteiger charge is -2.24. The van der Waals surface area contributed by atoms with Crippen molar-refractivity contribution in [1.82, 2.24) is 15.5 Å². The van der Waals surface area contributed by atoms with Gasteiger partial charge < -0.3 is 10.4 Å². The molecular weight excluding hydrogens is 323 g/mol. The normalized spacial score (nSPS) is 18.1. The highest BCUT2D eigenvalue weighted by atomic mass is 19.2. The van der Waals surface area contributed by atoms with Crippen molar-refractivity contribution in [2.24, 2.45) is 5.92 Å². The molecular formula is C16H16F3N3O2. The summed E-state index contributed by atoms with van der Waals surface area (Å²) in [6, 6.07) is 0.534. The number of hydrogen-bond donors (Lipinski definition) is 3. The molecule has 0 fully saturated rings. The van der Waals surface area contributed by atoms with E-state index in [2.05, 4.69) is 15.5 Å². The zero-order chi connectivity index (χ0) is 17.3. The van der Waals surface area contributed by atoms with E-state index in [4.69, 9.17) is 0 Å². The van der Waals surface area contributed by atoms with E-state index in [-0.39, 0.29) is 17.4 Å². The Labute approximate surface area is 135 Å². The van der Waals surface area contributed by atoms with Crippen LogP contribution in [0.1, 0.15) is 29.3 Å². The second kappa shape index (κ2) is 6.64. The molecule has 3 N–H and O–H groups in total. The average Bonchev–Trinajstić information content (AvgIpc) is 3.04. The molecule has 1 heterocycles. The lowest BCUT2D eigenvalue weighted by atomic mass is 9.87. The molecule has 0 radical (unpaired) electrons. The van der Waals surface area contributed by atoms with Gasteiger partial charge in [-0.2, -0.15) is 5.10 Å². The highest BCUT2D eigenvalue weighted by Crippen LogP contribution is 2.25. The number of aliphatic hydroxyl groups is 1. The van der Waals surface area contributed by atoms with Gasteiger partial charge in [-0.1, -0.05) is 0 Å². The van der Waals surface area contributed by atoms with Crippen molar-refractivity contribution in [2.45, 2.75) is 25.3 Å². The van der Waals surface area contributed by atoms with Crippen LogP contribution < -0.4 is 5.32 Å². The second-order valence-corrected chi connectivity index (χ2v) is 5.86. The molecule has 1 aromatic heterocycles. The summed E-state index contributed by atoms with van der Waals surface area (Å²) in [4.78, 5) is 12.4. The minimum atomic E-state index is -1.58. The quantitative estimate of drug-likeness (QED) is 0.743. The summed E-state index contributed by atoms with van der Waals surface area (Å²) in [7, 11) is 0. The third-order valence-corrected chi connectivity index (χ3v) is 4.30. The smallest absolute Gasteiger partial charge is 0.224 e. The summed E-state index contributed by atoms with van der Waals surface area (Å²) in [6.07, 6.45) is 3.52. The summed E-state index contributed by atoms with van der Waals surface area (Å²) in [5, 5.41) is 18.8. The lowest BCUT2D eigenvalue weighted by molar-refractivity contribution is -0.126. The standard InChI is InChI=1S/C16H16F3N3O2/c17-11-3-10(4-12(18)15(11)19)14(7-23)21-16(24)8-1-2-9-6-20-22-13(9)5-8/h3-4,6,8,14,23H,1-2,5,7H2,(H,20,22)(H,21,24). The van der Waals surface area contributed by atoms with Crippen molar-refractivity contribution in [3.63, 3.8) is 0 Å². The number of aliphatic hydroxyl groups excluding tert-OH is 1. The van der Waals surface area contributed by atoms with Gasteiger partial charge in [0.15, 0.2) is 17.5 Å². The van der Waals surface area contributed by atoms with Crippen molar-refractivity contribution in [2.75, 3.05) is 6.61 Å². The third kappa shape index (κ3) is 3.14. The van der Waals surface area contributed by atoms with Gasteiger partial charge in [0, 0.05) is 18.0 Å². The predicted octanol–water partition coefficient (Wildman–Crippen LogP) is 1.78. The Morgan fingerprint density at radius 1 is 1.38 bits per heavy atom. The molecule has 0 spiro atoms. The SMILES string of the molecule is O=C(NC(CO)c1cc(F)c(F)c(F)c1)C1CCc2cn[nH]c2C1. The third-order valence-electron chi connectivity index (χ3n) is 4.30. The summed E-state index contributed by atoms with van der Waals surface area (Å²) >= 11 is 0. The number of fused-ring (bicyclic) bond motifs is 1. The van der Waals surface area contributed by atoms with E-state index >= 15 is 0 Å². The minimum Gasteiger partial charge on any atom is -0.394 e. The first kappa shape index (κ1) is 16.5. The van der Waals surface area contributed by atoms with E-state index in [0.29, 0.717) is 19.3 Å². The number of amides is 1. The number of benzene rings is 1. The monoisotopic (exact) mass is 339 g/mol. The Hall–Kier alpha value is -2.35. The number of halogens is 3. The fourth-order valence-electron chi connectivity index (χ4n) is 2.93. The summed E-state index contributed by atoms with van der Waals surface area (Å²) in [6.45, 7) is -0.557. The zero-order valence-corrected chi connectivity index (χ0v) is 12.7. The molecule has 2 atom stereocenters. The van der Waals surface area contributed by atoms with Gasteiger partial charge in [0.1, 0.15) is 0 Å². The van der Waals surface area contributed by atoms with Crippen LogP contribution in [-0.2, 0) is 17.6 Å². The highest BCUT2D eigenvalue weighted by Gasteiger charge is 2.28. The van der Waals surface area contributed by atoms with Crippen LogP contribution in [0.15, 0.2) is 18.3 Å². The van der Waals surface area contributed by atoms with Gasteiger partial charge in [-0.25, -0.2) is 13.2 Å². The molecule has 2 unspecified atom stereocenters. The Balaban J connectivity index is 1.73. The highest BCUT2D eigenvalue weighted by molar-refractivity contribution is 5.79. The lowest BCUT2D eigenvalue weighted by Crippen LogP contribution is -2.38. The summed E-state index contributed by atoms with van der Waals surface area (Å²) in [5.41, 5.74) is 1.93. The van der Waals surface area contributed by atoms with Crippen molar-refractivity contribution in [1.29, 1.82) is 0 Å². The maximum atomic E-state index is 13.3. The molecule has 1 aromatic carbocycles. The van der Waals surface area contributed by atoms with Gasteiger partial charge in [-0.15, -0.1) is 0 Å². The fourth-order valence-corrected chi connectivity index (χ4v) is 2.93. The molecule has 1 amide bonds. The van der Waals surface area contributed by atoms with Crippen LogP contribution in [0.4, 0.5) is 13.2 Å². The molecule has 5 nitrogen and oxygen atoms in total. The Kier molecular flexibility index (Phi) is 4.57. The molecule has 8 heteroatoms. The van der Waals surface area contributed by atoms with Crippen LogP contribution in [0.5, 0.6) is 0 Å². The number of H-pyrrole nitrogens is 1. The number of carbonyl (C=O) groups excluding carboxylic acids is 1. The van der Waals surface area contributed by atoms with Gasteiger partial charge in [0.2, 0.25) is 5.91 Å². The minimum absolute atomic E-state index is 0.0275. The Bertz CT molecular complexity index is 740. The number of hydrogen-bond acceptors (Lipinski definition) is 3.